The van der Waals surface area contributed by atoms with E-state index in [1.54, 1.807) is 0 Å². The zero-order chi connectivity index (χ0) is 15.2. The molecule has 1 aliphatic heterocycles. The molecule has 1 unspecified atom stereocenters. The molecule has 1 N–H and O–H groups in total. The van der Waals surface area contributed by atoms with Gasteiger partial charge in [0.05, 0.1) is 0 Å². The molecule has 1 aromatic carbocycles. The molecule has 0 radical (unpaired) electrons. The van der Waals surface area contributed by atoms with E-state index in [2.05, 4.69) is 30.1 Å². The fourth-order valence-corrected chi connectivity index (χ4v) is 3.12. The van der Waals surface area contributed by atoms with E-state index in [1.165, 1.54) is 0 Å². The van der Waals surface area contributed by atoms with Crippen molar-refractivity contribution in [3.8, 4) is 0 Å². The summed E-state index contributed by atoms with van der Waals surface area (Å²) in [4.78, 5) is 14.5. The van der Waals surface area contributed by atoms with Crippen LogP contribution in [0.5, 0.6) is 0 Å². The Hall–Kier alpha value is -1.22. The van der Waals surface area contributed by atoms with Crippen LogP contribution in [0.4, 0.5) is 5.69 Å². The zero-order valence-corrected chi connectivity index (χ0v) is 13.7. The third-order valence-electron chi connectivity index (χ3n) is 4.15. The summed E-state index contributed by atoms with van der Waals surface area (Å²) in [5, 5.41) is 3.90. The molecule has 4 heteroatoms. The van der Waals surface area contributed by atoms with Crippen LogP contribution in [0.2, 0.25) is 5.02 Å². The molecule has 0 aliphatic carbocycles. The van der Waals surface area contributed by atoms with Gasteiger partial charge in [0.15, 0.2) is 0 Å². The Labute approximate surface area is 132 Å². The Morgan fingerprint density at radius 3 is 2.76 bits per heavy atom. The number of rotatable bonds is 5. The summed E-state index contributed by atoms with van der Waals surface area (Å²) in [6.07, 6.45) is 3.98. The Morgan fingerprint density at radius 1 is 1.43 bits per heavy atom. The first-order valence-electron chi connectivity index (χ1n) is 7.91. The second-order valence-electron chi connectivity index (χ2n) is 5.94. The van der Waals surface area contributed by atoms with Crippen LogP contribution < -0.4 is 10.2 Å². The van der Waals surface area contributed by atoms with Gasteiger partial charge in [-0.2, -0.15) is 0 Å². The third kappa shape index (κ3) is 4.63. The SMILES string of the molecule is CCCC(C)NC(=O)C1CCN(c2cccc(Cl)c2)CC1. The number of halogens is 1. The number of carbonyl (C=O) groups is 1. The van der Waals surface area contributed by atoms with Crippen molar-refractivity contribution in [1.82, 2.24) is 5.32 Å². The average Bonchev–Trinajstić information content (AvgIpc) is 2.47. The van der Waals surface area contributed by atoms with Gasteiger partial charge in [0.1, 0.15) is 0 Å². The first-order chi connectivity index (χ1) is 10.1. The van der Waals surface area contributed by atoms with Gasteiger partial charge >= 0.3 is 0 Å². The maximum atomic E-state index is 12.2. The van der Waals surface area contributed by atoms with Crippen molar-refractivity contribution in [3.63, 3.8) is 0 Å². The normalized spacial score (nSPS) is 17.6. The minimum absolute atomic E-state index is 0.153. The van der Waals surface area contributed by atoms with Crippen molar-refractivity contribution >= 4 is 23.2 Å². The number of hydrogen-bond donors (Lipinski definition) is 1. The van der Waals surface area contributed by atoms with E-state index < -0.39 is 0 Å². The van der Waals surface area contributed by atoms with Gasteiger partial charge in [-0.05, 0) is 44.4 Å². The lowest BCUT2D eigenvalue weighted by molar-refractivity contribution is -0.126. The summed E-state index contributed by atoms with van der Waals surface area (Å²) in [7, 11) is 0. The Balaban J connectivity index is 1.84. The summed E-state index contributed by atoms with van der Waals surface area (Å²) in [6.45, 7) is 6.07. The maximum absolute atomic E-state index is 12.2. The van der Waals surface area contributed by atoms with Gasteiger partial charge in [-0.3, -0.25) is 4.79 Å². The van der Waals surface area contributed by atoms with Crippen LogP contribution in [0.3, 0.4) is 0 Å². The van der Waals surface area contributed by atoms with Gasteiger partial charge in [0.2, 0.25) is 5.91 Å². The molecule has 0 spiro atoms. The second kappa shape index (κ2) is 7.69. The summed E-state index contributed by atoms with van der Waals surface area (Å²) >= 11 is 6.04. The van der Waals surface area contributed by atoms with Gasteiger partial charge in [-0.15, -0.1) is 0 Å². The lowest BCUT2D eigenvalue weighted by atomic mass is 9.95. The van der Waals surface area contributed by atoms with Crippen LogP contribution >= 0.6 is 11.6 Å². The largest absolute Gasteiger partial charge is 0.371 e. The van der Waals surface area contributed by atoms with E-state index in [0.29, 0.717) is 0 Å². The van der Waals surface area contributed by atoms with Crippen molar-refractivity contribution in [1.29, 1.82) is 0 Å². The lowest BCUT2D eigenvalue weighted by Crippen LogP contribution is -2.43. The van der Waals surface area contributed by atoms with Crippen molar-refractivity contribution in [2.75, 3.05) is 18.0 Å². The van der Waals surface area contributed by atoms with Crippen molar-refractivity contribution in [2.45, 2.75) is 45.6 Å². The van der Waals surface area contributed by atoms with Crippen LogP contribution in [0.15, 0.2) is 24.3 Å². The molecule has 1 aromatic rings. The number of amides is 1. The molecule has 3 nitrogen and oxygen atoms in total. The van der Waals surface area contributed by atoms with Gasteiger partial charge in [-0.25, -0.2) is 0 Å². The monoisotopic (exact) mass is 308 g/mol. The van der Waals surface area contributed by atoms with E-state index in [9.17, 15) is 4.79 Å². The highest BCUT2D eigenvalue weighted by Gasteiger charge is 2.25. The van der Waals surface area contributed by atoms with E-state index in [-0.39, 0.29) is 17.9 Å². The minimum Gasteiger partial charge on any atom is -0.371 e. The number of hydrogen-bond acceptors (Lipinski definition) is 2. The fourth-order valence-electron chi connectivity index (χ4n) is 2.94. The van der Waals surface area contributed by atoms with Crippen molar-refractivity contribution in [3.05, 3.63) is 29.3 Å². The van der Waals surface area contributed by atoms with Gasteiger partial charge in [0.25, 0.3) is 0 Å². The summed E-state index contributed by atoms with van der Waals surface area (Å²) in [6, 6.07) is 8.22. The molecule has 2 rings (SSSR count). The number of piperidine rings is 1. The number of nitrogens with zero attached hydrogens (tertiary/aromatic N) is 1. The molecule has 116 valence electrons. The molecule has 1 aliphatic rings. The van der Waals surface area contributed by atoms with Gasteiger partial charge in [0, 0.05) is 35.8 Å². The fraction of sp³-hybridized carbons (Fsp3) is 0.588. The quantitative estimate of drug-likeness (QED) is 0.896. The molecule has 21 heavy (non-hydrogen) atoms. The van der Waals surface area contributed by atoms with E-state index in [0.717, 1.165) is 49.5 Å². The zero-order valence-electron chi connectivity index (χ0n) is 12.9. The molecule has 1 amide bonds. The number of carbonyl (C=O) groups excluding carboxylic acids is 1. The summed E-state index contributed by atoms with van der Waals surface area (Å²) in [5.41, 5.74) is 1.15. The number of nitrogens with one attached hydrogen (secondary N) is 1. The molecular weight excluding hydrogens is 284 g/mol. The smallest absolute Gasteiger partial charge is 0.223 e. The number of benzene rings is 1. The van der Waals surface area contributed by atoms with Crippen LogP contribution in [0.25, 0.3) is 0 Å². The summed E-state index contributed by atoms with van der Waals surface area (Å²) in [5.74, 6) is 0.376. The van der Waals surface area contributed by atoms with Crippen LogP contribution in [0, 0.1) is 5.92 Å². The van der Waals surface area contributed by atoms with Crippen LogP contribution in [-0.2, 0) is 4.79 Å². The van der Waals surface area contributed by atoms with Gasteiger partial charge < -0.3 is 10.2 Å². The van der Waals surface area contributed by atoms with Crippen LogP contribution in [-0.4, -0.2) is 25.0 Å². The molecule has 0 saturated carbocycles. The predicted molar refractivity (Wildman–Crippen MR) is 88.9 cm³/mol. The molecule has 1 saturated heterocycles. The maximum Gasteiger partial charge on any atom is 0.223 e. The second-order valence-corrected chi connectivity index (χ2v) is 6.38. The van der Waals surface area contributed by atoms with E-state index >= 15 is 0 Å². The predicted octanol–water partition coefficient (Wildman–Crippen LogP) is 3.86. The van der Waals surface area contributed by atoms with Gasteiger partial charge in [-0.1, -0.05) is 31.0 Å². The average molecular weight is 309 g/mol. The first kappa shape index (κ1) is 16.2. The molecule has 1 heterocycles. The Morgan fingerprint density at radius 2 is 2.14 bits per heavy atom. The van der Waals surface area contributed by atoms with Crippen molar-refractivity contribution in [2.24, 2.45) is 5.92 Å². The van der Waals surface area contributed by atoms with Crippen LogP contribution in [0.1, 0.15) is 39.5 Å². The van der Waals surface area contributed by atoms with E-state index in [4.69, 9.17) is 11.6 Å². The topological polar surface area (TPSA) is 32.3 Å². The standard InChI is InChI=1S/C17H25ClN2O/c1-3-5-13(2)19-17(21)14-8-10-20(11-9-14)16-7-4-6-15(18)12-16/h4,6-7,12-14H,3,5,8-11H2,1-2H3,(H,19,21). The summed E-state index contributed by atoms with van der Waals surface area (Å²) < 4.78 is 0. The molecule has 1 atom stereocenters. The lowest BCUT2D eigenvalue weighted by Gasteiger charge is -2.33. The Kier molecular flexibility index (Phi) is 5.92. The third-order valence-corrected chi connectivity index (χ3v) is 4.38. The highest BCUT2D eigenvalue weighted by atomic mass is 35.5. The molecular formula is C17H25ClN2O. The highest BCUT2D eigenvalue weighted by Crippen LogP contribution is 2.25. The number of anilines is 1. The minimum atomic E-state index is 0.153. The van der Waals surface area contributed by atoms with Crippen molar-refractivity contribution < 1.29 is 4.79 Å². The Bertz CT molecular complexity index is 470. The highest BCUT2D eigenvalue weighted by molar-refractivity contribution is 6.30. The van der Waals surface area contributed by atoms with E-state index in [1.807, 2.05) is 18.2 Å². The molecule has 0 aromatic heterocycles. The molecule has 0 bridgehead atoms. The first-order valence-corrected chi connectivity index (χ1v) is 8.29. The molecule has 1 fully saturated rings.